The van der Waals surface area contributed by atoms with E-state index in [0.717, 1.165) is 11.1 Å². The third-order valence-electron chi connectivity index (χ3n) is 4.09. The number of pyridine rings is 1. The fourth-order valence-electron chi connectivity index (χ4n) is 2.85. The van der Waals surface area contributed by atoms with E-state index < -0.39 is 0 Å². The Labute approximate surface area is 142 Å². The Bertz CT molecular complexity index is 1120. The van der Waals surface area contributed by atoms with Gasteiger partial charge in [0.2, 0.25) is 0 Å². The summed E-state index contributed by atoms with van der Waals surface area (Å²) in [7, 11) is 1.68. The maximum absolute atomic E-state index is 13.5. The van der Waals surface area contributed by atoms with Crippen molar-refractivity contribution in [1.29, 1.82) is 0 Å². The van der Waals surface area contributed by atoms with Crippen LogP contribution in [0.5, 0.6) is 0 Å². The summed E-state index contributed by atoms with van der Waals surface area (Å²) in [5.41, 5.74) is 3.34. The van der Waals surface area contributed by atoms with Gasteiger partial charge in [0.05, 0.1) is 12.1 Å². The summed E-state index contributed by atoms with van der Waals surface area (Å²) in [6, 6.07) is 8.14. The lowest BCUT2D eigenvalue weighted by Crippen LogP contribution is -2.22. The van der Waals surface area contributed by atoms with Crippen molar-refractivity contribution in [2.24, 2.45) is 7.05 Å². The van der Waals surface area contributed by atoms with Gasteiger partial charge in [-0.15, -0.1) is 0 Å². The molecule has 3 heterocycles. The van der Waals surface area contributed by atoms with Gasteiger partial charge in [-0.05, 0) is 23.8 Å². The summed E-state index contributed by atoms with van der Waals surface area (Å²) in [5, 5.41) is 0. The Morgan fingerprint density at radius 2 is 1.88 bits per heavy atom. The van der Waals surface area contributed by atoms with Crippen LogP contribution in [0.3, 0.4) is 0 Å². The SMILES string of the molecule is Cn1c(=O)n(Cc2cncnc2)c2cc(-c3cccc(F)c3)cnc21. The molecule has 0 aliphatic rings. The van der Waals surface area contributed by atoms with Gasteiger partial charge in [0.1, 0.15) is 12.1 Å². The van der Waals surface area contributed by atoms with Crippen LogP contribution in [0.25, 0.3) is 22.3 Å². The van der Waals surface area contributed by atoms with Gasteiger partial charge in [-0.3, -0.25) is 9.13 Å². The second kappa shape index (κ2) is 5.94. The highest BCUT2D eigenvalue weighted by Crippen LogP contribution is 2.23. The Morgan fingerprint density at radius 1 is 1.08 bits per heavy atom. The number of imidazole rings is 1. The second-order valence-corrected chi connectivity index (χ2v) is 5.75. The largest absolute Gasteiger partial charge is 0.330 e. The molecule has 124 valence electrons. The summed E-state index contributed by atoms with van der Waals surface area (Å²) in [6.07, 6.45) is 6.43. The summed E-state index contributed by atoms with van der Waals surface area (Å²) in [6.45, 7) is 0.339. The zero-order valence-corrected chi connectivity index (χ0v) is 13.4. The Morgan fingerprint density at radius 3 is 2.64 bits per heavy atom. The number of nitrogens with zero attached hydrogens (tertiary/aromatic N) is 5. The van der Waals surface area contributed by atoms with Crippen LogP contribution in [0.1, 0.15) is 5.56 Å². The maximum Gasteiger partial charge on any atom is 0.330 e. The molecule has 0 spiro atoms. The minimum Gasteiger partial charge on any atom is -0.286 e. The van der Waals surface area contributed by atoms with Gasteiger partial charge in [0.25, 0.3) is 0 Å². The van der Waals surface area contributed by atoms with Crippen molar-refractivity contribution in [3.05, 3.63) is 77.1 Å². The van der Waals surface area contributed by atoms with Crippen LogP contribution < -0.4 is 5.69 Å². The molecule has 6 nitrogen and oxygen atoms in total. The topological polar surface area (TPSA) is 65.6 Å². The zero-order chi connectivity index (χ0) is 17.4. The van der Waals surface area contributed by atoms with Crippen molar-refractivity contribution in [3.63, 3.8) is 0 Å². The Balaban J connectivity index is 1.89. The molecule has 0 fully saturated rings. The molecule has 0 saturated carbocycles. The first-order valence-electron chi connectivity index (χ1n) is 7.68. The number of halogens is 1. The van der Waals surface area contributed by atoms with Gasteiger partial charge < -0.3 is 0 Å². The van der Waals surface area contributed by atoms with Gasteiger partial charge in [-0.2, -0.15) is 0 Å². The minimum atomic E-state index is -0.315. The lowest BCUT2D eigenvalue weighted by Gasteiger charge is -2.05. The fraction of sp³-hybridized carbons (Fsp3) is 0.111. The average molecular weight is 335 g/mol. The van der Waals surface area contributed by atoms with E-state index in [1.807, 2.05) is 12.1 Å². The standard InChI is InChI=1S/C18H14FN5O/c1-23-17-16(24(18(23)25)10-12-7-20-11-21-8-12)6-14(9-22-17)13-3-2-4-15(19)5-13/h2-9,11H,10H2,1H3. The number of aryl methyl sites for hydroxylation is 1. The fourth-order valence-corrected chi connectivity index (χ4v) is 2.85. The molecular formula is C18H14FN5O. The number of benzene rings is 1. The van der Waals surface area contributed by atoms with Crippen molar-refractivity contribution in [3.8, 4) is 11.1 Å². The molecule has 25 heavy (non-hydrogen) atoms. The summed E-state index contributed by atoms with van der Waals surface area (Å²) in [5.74, 6) is -0.315. The van der Waals surface area contributed by atoms with Crippen molar-refractivity contribution in [2.45, 2.75) is 6.54 Å². The predicted octanol–water partition coefficient (Wildman–Crippen LogP) is 2.38. The lowest BCUT2D eigenvalue weighted by atomic mass is 10.1. The van der Waals surface area contributed by atoms with Gasteiger partial charge >= 0.3 is 5.69 Å². The maximum atomic E-state index is 13.5. The number of aromatic nitrogens is 5. The van der Waals surface area contributed by atoms with Crippen LogP contribution >= 0.6 is 0 Å². The van der Waals surface area contributed by atoms with E-state index in [1.165, 1.54) is 23.0 Å². The zero-order valence-electron chi connectivity index (χ0n) is 13.4. The third-order valence-corrected chi connectivity index (χ3v) is 4.09. The van der Waals surface area contributed by atoms with Crippen LogP contribution in [0, 0.1) is 5.82 Å². The van der Waals surface area contributed by atoms with Crippen LogP contribution in [-0.2, 0) is 13.6 Å². The normalized spacial score (nSPS) is 11.1. The molecule has 0 aliphatic carbocycles. The van der Waals surface area contributed by atoms with Crippen LogP contribution in [0.4, 0.5) is 4.39 Å². The highest BCUT2D eigenvalue weighted by molar-refractivity contribution is 5.78. The van der Waals surface area contributed by atoms with E-state index in [0.29, 0.717) is 23.3 Å². The molecule has 0 N–H and O–H groups in total. The molecular weight excluding hydrogens is 321 g/mol. The first kappa shape index (κ1) is 15.2. The molecule has 4 rings (SSSR count). The summed E-state index contributed by atoms with van der Waals surface area (Å²) in [4.78, 5) is 24.9. The second-order valence-electron chi connectivity index (χ2n) is 5.75. The van der Waals surface area contributed by atoms with E-state index in [4.69, 9.17) is 0 Å². The van der Waals surface area contributed by atoms with Crippen molar-refractivity contribution in [2.75, 3.05) is 0 Å². The number of fused-ring (bicyclic) bond motifs is 1. The van der Waals surface area contributed by atoms with Crippen molar-refractivity contribution >= 4 is 11.2 Å². The number of rotatable bonds is 3. The van der Waals surface area contributed by atoms with E-state index >= 15 is 0 Å². The van der Waals surface area contributed by atoms with Crippen molar-refractivity contribution in [1.82, 2.24) is 24.1 Å². The summed E-state index contributed by atoms with van der Waals surface area (Å²) < 4.78 is 16.6. The van der Waals surface area contributed by atoms with Crippen LogP contribution in [0.15, 0.2) is 60.0 Å². The smallest absolute Gasteiger partial charge is 0.286 e. The third kappa shape index (κ3) is 2.69. The molecule has 0 aliphatic heterocycles. The molecule has 4 aromatic rings. The molecule has 0 amide bonds. The first-order valence-corrected chi connectivity index (χ1v) is 7.68. The molecule has 0 atom stereocenters. The highest BCUT2D eigenvalue weighted by Gasteiger charge is 2.14. The Kier molecular flexibility index (Phi) is 3.61. The lowest BCUT2D eigenvalue weighted by molar-refractivity contribution is 0.628. The predicted molar refractivity (Wildman–Crippen MR) is 91.5 cm³/mol. The highest BCUT2D eigenvalue weighted by atomic mass is 19.1. The van der Waals surface area contributed by atoms with Gasteiger partial charge in [0.15, 0.2) is 5.65 Å². The quantitative estimate of drug-likeness (QED) is 0.576. The van der Waals surface area contributed by atoms with Gasteiger partial charge in [0, 0.05) is 36.8 Å². The molecule has 1 aromatic carbocycles. The first-order chi connectivity index (χ1) is 12.1. The number of hydrogen-bond acceptors (Lipinski definition) is 4. The molecule has 7 heteroatoms. The average Bonchev–Trinajstić information content (AvgIpc) is 2.87. The van der Waals surface area contributed by atoms with Crippen molar-refractivity contribution < 1.29 is 4.39 Å². The van der Waals surface area contributed by atoms with Crippen LogP contribution in [-0.4, -0.2) is 24.1 Å². The van der Waals surface area contributed by atoms with E-state index in [1.54, 1.807) is 36.3 Å². The molecule has 0 bridgehead atoms. The molecule has 0 unspecified atom stereocenters. The van der Waals surface area contributed by atoms with Crippen LogP contribution in [0.2, 0.25) is 0 Å². The van der Waals surface area contributed by atoms with Gasteiger partial charge in [-0.1, -0.05) is 12.1 Å². The molecule has 0 saturated heterocycles. The summed E-state index contributed by atoms with van der Waals surface area (Å²) >= 11 is 0. The van der Waals surface area contributed by atoms with Gasteiger partial charge in [-0.25, -0.2) is 24.1 Å². The minimum absolute atomic E-state index is 0.178. The van der Waals surface area contributed by atoms with E-state index in [2.05, 4.69) is 15.0 Å². The van der Waals surface area contributed by atoms with E-state index in [9.17, 15) is 9.18 Å². The monoisotopic (exact) mass is 335 g/mol. The molecule has 3 aromatic heterocycles. The number of hydrogen-bond donors (Lipinski definition) is 0. The van der Waals surface area contributed by atoms with E-state index in [-0.39, 0.29) is 11.5 Å². The molecule has 0 radical (unpaired) electrons. The Hall–Kier alpha value is -3.35.